The zero-order valence-electron chi connectivity index (χ0n) is 30.3. The van der Waals surface area contributed by atoms with Crippen LogP contribution in [0.2, 0.25) is 0 Å². The second-order valence-corrected chi connectivity index (χ2v) is 14.2. The summed E-state index contributed by atoms with van der Waals surface area (Å²) in [5, 5.41) is 7.00. The number of pyridine rings is 1. The number of carbonyl (C=O) groups is 2. The number of carbonyl (C=O) groups excluding carboxylic acids is 2. The van der Waals surface area contributed by atoms with Gasteiger partial charge in [-0.25, -0.2) is 0 Å². The molecular formula is C43H41N5O6. The molecule has 0 spiro atoms. The van der Waals surface area contributed by atoms with E-state index in [-0.39, 0.29) is 37.1 Å². The summed E-state index contributed by atoms with van der Waals surface area (Å²) < 4.78 is 23.9. The molecule has 0 bridgehead atoms. The third-order valence-electron chi connectivity index (χ3n) is 11.0. The predicted molar refractivity (Wildman–Crippen MR) is 203 cm³/mol. The fourth-order valence-electron chi connectivity index (χ4n) is 8.08. The first-order valence-electron chi connectivity index (χ1n) is 18.3. The highest BCUT2D eigenvalue weighted by atomic mass is 16.5. The van der Waals surface area contributed by atoms with Gasteiger partial charge >= 0.3 is 0 Å². The Kier molecular flexibility index (Phi) is 8.69. The number of nitrogens with one attached hydrogen (secondary N) is 2. The summed E-state index contributed by atoms with van der Waals surface area (Å²) in [5.41, 5.74) is 8.91. The Bertz CT molecular complexity index is 2120. The van der Waals surface area contributed by atoms with Gasteiger partial charge in [0.1, 0.15) is 13.2 Å². The van der Waals surface area contributed by atoms with Crippen molar-refractivity contribution in [2.24, 2.45) is 0 Å². The first kappa shape index (κ1) is 33.6. The highest BCUT2D eigenvalue weighted by Gasteiger charge is 2.36. The largest absolute Gasteiger partial charge is 0.493 e. The number of ether oxygens (including phenoxy) is 4. The number of rotatable bonds is 8. The third kappa shape index (κ3) is 6.19. The molecule has 0 radical (unpaired) electrons. The van der Waals surface area contributed by atoms with Crippen LogP contribution in [0.1, 0.15) is 54.4 Å². The first-order valence-corrected chi connectivity index (χ1v) is 18.3. The second-order valence-electron chi connectivity index (χ2n) is 14.2. The molecule has 5 heterocycles. The molecule has 4 aliphatic heterocycles. The molecule has 2 N–H and O–H groups in total. The summed E-state index contributed by atoms with van der Waals surface area (Å²) in [6.45, 7) is 2.79. The van der Waals surface area contributed by atoms with E-state index in [1.165, 1.54) is 22.3 Å². The third-order valence-corrected chi connectivity index (χ3v) is 11.0. The average Bonchev–Trinajstić information content (AvgIpc) is 3.42. The maximum atomic E-state index is 13.8. The fourth-order valence-corrected chi connectivity index (χ4v) is 8.08. The molecule has 1 aromatic heterocycles. The Hall–Kier alpha value is -6.23. The lowest BCUT2D eigenvalue weighted by Crippen LogP contribution is -2.45. The summed E-state index contributed by atoms with van der Waals surface area (Å²) in [6.07, 6.45) is 1.61. The zero-order chi connectivity index (χ0) is 36.8. The van der Waals surface area contributed by atoms with Gasteiger partial charge in [-0.05, 0) is 59.4 Å². The smallest absolute Gasteiger partial charge is 0.256 e. The van der Waals surface area contributed by atoms with Crippen molar-refractivity contribution in [3.05, 3.63) is 136 Å². The molecule has 0 aliphatic carbocycles. The minimum absolute atomic E-state index is 0.0241. The Morgan fingerprint density at radius 2 is 1.04 bits per heavy atom. The first-order chi connectivity index (χ1) is 26.4. The molecule has 5 aromatic rings. The minimum Gasteiger partial charge on any atom is -0.493 e. The summed E-state index contributed by atoms with van der Waals surface area (Å²) in [6, 6.07) is 29.7. The van der Waals surface area contributed by atoms with Gasteiger partial charge in [-0.2, -0.15) is 0 Å². The summed E-state index contributed by atoms with van der Waals surface area (Å²) in [5.74, 6) is 1.93. The Balaban J connectivity index is 0.881. The summed E-state index contributed by atoms with van der Waals surface area (Å²) in [4.78, 5) is 36.3. The van der Waals surface area contributed by atoms with Crippen molar-refractivity contribution in [1.82, 2.24) is 14.8 Å². The van der Waals surface area contributed by atoms with Gasteiger partial charge in [0.05, 0.1) is 60.2 Å². The van der Waals surface area contributed by atoms with Gasteiger partial charge in [-0.15, -0.1) is 0 Å². The van der Waals surface area contributed by atoms with Crippen molar-refractivity contribution < 1.29 is 28.5 Å². The highest BCUT2D eigenvalue weighted by Crippen LogP contribution is 2.39. The van der Waals surface area contributed by atoms with Gasteiger partial charge < -0.3 is 39.4 Å². The van der Waals surface area contributed by atoms with Crippen LogP contribution in [0.4, 0.5) is 11.4 Å². The molecule has 4 aliphatic rings. The van der Waals surface area contributed by atoms with Crippen LogP contribution in [-0.4, -0.2) is 66.0 Å². The number of nitrogens with zero attached hydrogens (tertiary/aromatic N) is 3. The molecular weight excluding hydrogens is 683 g/mol. The average molecular weight is 724 g/mol. The van der Waals surface area contributed by atoms with E-state index in [9.17, 15) is 9.59 Å². The van der Waals surface area contributed by atoms with Gasteiger partial charge in [-0.1, -0.05) is 54.6 Å². The Morgan fingerprint density at radius 3 is 1.48 bits per heavy atom. The van der Waals surface area contributed by atoms with Gasteiger partial charge in [0.25, 0.3) is 11.8 Å². The summed E-state index contributed by atoms with van der Waals surface area (Å²) in [7, 11) is 3.15. The number of hydrogen-bond acceptors (Lipinski definition) is 9. The number of aromatic nitrogens is 1. The maximum Gasteiger partial charge on any atom is 0.256 e. The molecule has 11 heteroatoms. The number of fused-ring (bicyclic) bond motifs is 6. The van der Waals surface area contributed by atoms with Crippen LogP contribution in [0, 0.1) is 0 Å². The molecule has 0 saturated carbocycles. The van der Waals surface area contributed by atoms with Crippen LogP contribution in [0.5, 0.6) is 23.0 Å². The van der Waals surface area contributed by atoms with E-state index in [0.717, 1.165) is 24.2 Å². The lowest BCUT2D eigenvalue weighted by atomic mass is 9.94. The van der Waals surface area contributed by atoms with Crippen LogP contribution in [-0.2, 0) is 39.1 Å². The second kappa shape index (κ2) is 14.0. The minimum atomic E-state index is -0.0241. The van der Waals surface area contributed by atoms with E-state index in [1.54, 1.807) is 26.4 Å². The molecule has 2 amide bonds. The molecule has 11 nitrogen and oxygen atoms in total. The number of benzene rings is 4. The van der Waals surface area contributed by atoms with Crippen molar-refractivity contribution in [3.8, 4) is 23.0 Å². The molecule has 54 heavy (non-hydrogen) atoms. The van der Waals surface area contributed by atoms with Crippen LogP contribution >= 0.6 is 0 Å². The van der Waals surface area contributed by atoms with Crippen molar-refractivity contribution >= 4 is 23.2 Å². The number of methoxy groups -OCH3 is 2. The maximum absolute atomic E-state index is 13.8. The number of hydrogen-bond donors (Lipinski definition) is 2. The van der Waals surface area contributed by atoms with Crippen molar-refractivity contribution in [3.63, 3.8) is 0 Å². The van der Waals surface area contributed by atoms with Crippen LogP contribution in [0.25, 0.3) is 0 Å². The predicted octanol–water partition coefficient (Wildman–Crippen LogP) is 6.24. The van der Waals surface area contributed by atoms with E-state index in [0.29, 0.717) is 71.7 Å². The lowest BCUT2D eigenvalue weighted by Gasteiger charge is -2.35. The molecule has 1 unspecified atom stereocenters. The Labute approximate surface area is 313 Å². The highest BCUT2D eigenvalue weighted by molar-refractivity contribution is 6.02. The van der Waals surface area contributed by atoms with E-state index >= 15 is 0 Å². The van der Waals surface area contributed by atoms with E-state index in [2.05, 4.69) is 47.0 Å². The van der Waals surface area contributed by atoms with E-state index in [1.807, 2.05) is 52.3 Å². The summed E-state index contributed by atoms with van der Waals surface area (Å²) >= 11 is 0. The van der Waals surface area contributed by atoms with Crippen molar-refractivity contribution in [2.45, 2.75) is 51.2 Å². The zero-order valence-corrected chi connectivity index (χ0v) is 30.3. The van der Waals surface area contributed by atoms with Crippen LogP contribution in [0.15, 0.2) is 91.0 Å². The van der Waals surface area contributed by atoms with E-state index in [4.69, 9.17) is 23.9 Å². The molecule has 274 valence electrons. The topological polar surface area (TPSA) is 114 Å². The normalized spacial score (nSPS) is 18.2. The van der Waals surface area contributed by atoms with E-state index < -0.39 is 0 Å². The molecule has 0 fully saturated rings. The number of amides is 2. The SMILES string of the molecule is COc1cc2c(cc1OCc1cccc(COc3cc4c(cc3OC)C(=O)N3Cc5ccccc5C[C@H]3CN4)n1)NCC1Cc3ccccc3CN1C2=O. The van der Waals surface area contributed by atoms with Gasteiger partial charge in [0, 0.05) is 38.3 Å². The molecule has 9 rings (SSSR count). The van der Waals surface area contributed by atoms with Crippen molar-refractivity contribution in [2.75, 3.05) is 37.9 Å². The molecule has 2 atom stereocenters. The molecule has 4 aromatic carbocycles. The standard InChI is InChI=1S/C43H41N5O6/c1-51-38-16-34-36(44-20-32-14-26-8-3-5-10-28(26)22-47(32)42(34)49)18-40(38)53-24-30-12-7-13-31(46-30)25-54-41-19-37-35(17-39(41)52-2)43(50)48-23-29-11-6-4-9-27(29)15-33(48)21-45-37/h3-13,16-19,32-33,44-45H,14-15,20-25H2,1-2H3/t32-,33?/m0/s1. The Morgan fingerprint density at radius 1 is 0.593 bits per heavy atom. The van der Waals surface area contributed by atoms with Crippen molar-refractivity contribution in [1.29, 1.82) is 0 Å². The lowest BCUT2D eigenvalue weighted by molar-refractivity contribution is 0.0652. The van der Waals surface area contributed by atoms with Gasteiger partial charge in [0.2, 0.25) is 0 Å². The van der Waals surface area contributed by atoms with Gasteiger partial charge in [-0.3, -0.25) is 14.6 Å². The number of anilines is 2. The quantitative estimate of drug-likeness (QED) is 0.192. The monoisotopic (exact) mass is 723 g/mol. The fraction of sp³-hybridized carbons (Fsp3) is 0.279. The van der Waals surface area contributed by atoms with Crippen LogP contribution in [0.3, 0.4) is 0 Å². The van der Waals surface area contributed by atoms with Crippen LogP contribution < -0.4 is 29.6 Å². The van der Waals surface area contributed by atoms with Gasteiger partial charge in [0.15, 0.2) is 23.0 Å². The molecule has 0 saturated heterocycles.